The molecule has 0 aliphatic carbocycles. The van der Waals surface area contributed by atoms with Gasteiger partial charge in [0.2, 0.25) is 10.0 Å². The van der Waals surface area contributed by atoms with Gasteiger partial charge < -0.3 is 10.8 Å². The lowest BCUT2D eigenvalue weighted by molar-refractivity contribution is 0.381. The SMILES string of the molecule is CCNc1ccccc1.CS(N)(=O)=O.O.O=S(=O)(O)O. The van der Waals surface area contributed by atoms with E-state index in [9.17, 15) is 8.42 Å². The Kier molecular flexibility index (Phi) is 13.8. The second-order valence-electron chi connectivity index (χ2n) is 3.17. The molecule has 0 spiro atoms. The van der Waals surface area contributed by atoms with E-state index in [4.69, 9.17) is 17.5 Å². The van der Waals surface area contributed by atoms with E-state index >= 15 is 0 Å². The zero-order chi connectivity index (χ0) is 15.5. The summed E-state index contributed by atoms with van der Waals surface area (Å²) in [7, 11) is -7.83. The fourth-order valence-corrected chi connectivity index (χ4v) is 0.760. The number of hydrogen-bond donors (Lipinski definition) is 4. The van der Waals surface area contributed by atoms with Crippen LogP contribution in [0.1, 0.15) is 6.92 Å². The first-order valence-electron chi connectivity index (χ1n) is 4.90. The standard InChI is InChI=1S/C8H11N.CH5NO2S.H2O4S.H2O/c1-2-9-8-6-4-3-5-7-8;2*1-5(2,3)4;/h3-7,9H,2H2,1H3;1H3,(H2,2,3,4);(H2,1,2,3,4);1H2. The van der Waals surface area contributed by atoms with Crippen molar-refractivity contribution in [3.8, 4) is 0 Å². The van der Waals surface area contributed by atoms with Crippen LogP contribution in [0.3, 0.4) is 0 Å². The van der Waals surface area contributed by atoms with Crippen LogP contribution in [0.2, 0.25) is 0 Å². The first-order chi connectivity index (χ1) is 8.43. The number of anilines is 1. The van der Waals surface area contributed by atoms with Crippen LogP contribution >= 0.6 is 0 Å². The van der Waals surface area contributed by atoms with Crippen molar-refractivity contribution in [2.45, 2.75) is 6.92 Å². The highest BCUT2D eigenvalue weighted by Crippen LogP contribution is 2.02. The summed E-state index contributed by atoms with van der Waals surface area (Å²) in [5.41, 5.74) is 1.19. The Morgan fingerprint density at radius 2 is 1.40 bits per heavy atom. The third kappa shape index (κ3) is 43.7. The van der Waals surface area contributed by atoms with Gasteiger partial charge in [0.15, 0.2) is 0 Å². The summed E-state index contributed by atoms with van der Waals surface area (Å²) in [6, 6.07) is 10.2. The number of sulfonamides is 1. The minimum atomic E-state index is -4.67. The molecule has 1 aromatic carbocycles. The Balaban J connectivity index is -0.000000230. The maximum absolute atomic E-state index is 9.41. The molecule has 7 N–H and O–H groups in total. The summed E-state index contributed by atoms with van der Waals surface area (Å²) in [4.78, 5) is 0. The van der Waals surface area contributed by atoms with E-state index in [2.05, 4.69) is 29.5 Å². The van der Waals surface area contributed by atoms with Gasteiger partial charge in [-0.05, 0) is 19.1 Å². The van der Waals surface area contributed by atoms with Gasteiger partial charge in [-0.1, -0.05) is 18.2 Å². The molecule has 11 heteroatoms. The van der Waals surface area contributed by atoms with Gasteiger partial charge >= 0.3 is 10.4 Å². The first kappa shape index (κ1) is 23.8. The minimum absolute atomic E-state index is 0. The molecule has 0 radical (unpaired) electrons. The van der Waals surface area contributed by atoms with Crippen LogP contribution in [-0.4, -0.2) is 44.2 Å². The molecular weight excluding hydrogens is 312 g/mol. The molecule has 0 bridgehead atoms. The molecule has 20 heavy (non-hydrogen) atoms. The van der Waals surface area contributed by atoms with E-state index in [1.54, 1.807) is 0 Å². The van der Waals surface area contributed by atoms with Crippen LogP contribution in [0.4, 0.5) is 5.69 Å². The predicted octanol–water partition coefficient (Wildman–Crippen LogP) is -0.454. The monoisotopic (exact) mass is 332 g/mol. The van der Waals surface area contributed by atoms with Gasteiger partial charge in [-0.3, -0.25) is 9.11 Å². The lowest BCUT2D eigenvalue weighted by Gasteiger charge is -1.99. The van der Waals surface area contributed by atoms with Crippen molar-refractivity contribution in [2.75, 3.05) is 18.1 Å². The third-order valence-corrected chi connectivity index (χ3v) is 1.15. The number of benzene rings is 1. The average Bonchev–Trinajstić information content (AvgIpc) is 2.14. The van der Waals surface area contributed by atoms with Crippen LogP contribution in [0.25, 0.3) is 0 Å². The fourth-order valence-electron chi connectivity index (χ4n) is 0.760. The van der Waals surface area contributed by atoms with Crippen molar-refractivity contribution >= 4 is 26.1 Å². The summed E-state index contributed by atoms with van der Waals surface area (Å²) in [6.45, 7) is 3.08. The topological polar surface area (TPSA) is 178 Å². The van der Waals surface area contributed by atoms with E-state index in [0.717, 1.165) is 12.8 Å². The Hall–Kier alpha value is -1.24. The van der Waals surface area contributed by atoms with Crippen LogP contribution in [0, 0.1) is 0 Å². The van der Waals surface area contributed by atoms with Crippen LogP contribution in [0.5, 0.6) is 0 Å². The van der Waals surface area contributed by atoms with E-state index in [-0.39, 0.29) is 5.48 Å². The van der Waals surface area contributed by atoms with Gasteiger partial charge in [0.1, 0.15) is 0 Å². The van der Waals surface area contributed by atoms with Crippen molar-refractivity contribution in [3.63, 3.8) is 0 Å². The molecule has 0 amide bonds. The maximum Gasteiger partial charge on any atom is 0.394 e. The highest BCUT2D eigenvalue weighted by molar-refractivity contribution is 7.88. The zero-order valence-corrected chi connectivity index (χ0v) is 12.6. The molecule has 0 atom stereocenters. The quantitative estimate of drug-likeness (QED) is 0.529. The molecule has 0 saturated carbocycles. The Morgan fingerprint density at radius 1 is 1.10 bits per heavy atom. The number of primary sulfonamides is 1. The molecule has 0 aliphatic heterocycles. The summed E-state index contributed by atoms with van der Waals surface area (Å²) in [5.74, 6) is 0. The molecule has 0 heterocycles. The highest BCUT2D eigenvalue weighted by Gasteiger charge is 1.84. The second-order valence-corrected chi connectivity index (χ2v) is 5.73. The molecule has 120 valence electrons. The van der Waals surface area contributed by atoms with Crippen molar-refractivity contribution in [1.82, 2.24) is 0 Å². The molecule has 0 unspecified atom stereocenters. The van der Waals surface area contributed by atoms with Crippen LogP contribution in [-0.2, 0) is 20.4 Å². The average molecular weight is 332 g/mol. The lowest BCUT2D eigenvalue weighted by Crippen LogP contribution is -2.07. The predicted molar refractivity (Wildman–Crippen MR) is 77.4 cm³/mol. The first-order valence-corrected chi connectivity index (χ1v) is 8.25. The molecule has 1 rings (SSSR count). The van der Waals surface area contributed by atoms with Crippen molar-refractivity contribution in [2.24, 2.45) is 5.14 Å². The molecule has 1 aromatic rings. The summed E-state index contributed by atoms with van der Waals surface area (Å²) in [6.07, 6.45) is 0.938. The fraction of sp³-hybridized carbons (Fsp3) is 0.333. The van der Waals surface area contributed by atoms with Gasteiger partial charge in [-0.2, -0.15) is 8.42 Å². The lowest BCUT2D eigenvalue weighted by atomic mass is 10.3. The highest BCUT2D eigenvalue weighted by atomic mass is 32.3. The van der Waals surface area contributed by atoms with Gasteiger partial charge in [0.25, 0.3) is 0 Å². The van der Waals surface area contributed by atoms with Crippen LogP contribution < -0.4 is 10.5 Å². The molecular formula is C9H20N2O7S2. The zero-order valence-electron chi connectivity index (χ0n) is 11.0. The normalized spacial score (nSPS) is 9.85. The smallest absolute Gasteiger partial charge is 0.394 e. The van der Waals surface area contributed by atoms with E-state index < -0.39 is 20.4 Å². The molecule has 9 nitrogen and oxygen atoms in total. The van der Waals surface area contributed by atoms with Gasteiger partial charge in [-0.15, -0.1) is 0 Å². The number of para-hydroxylation sites is 1. The third-order valence-electron chi connectivity index (χ3n) is 1.15. The summed E-state index contributed by atoms with van der Waals surface area (Å²) < 4.78 is 50.4. The molecule has 0 saturated heterocycles. The molecule has 0 fully saturated rings. The number of hydrogen-bond acceptors (Lipinski definition) is 5. The molecule has 0 aliphatic rings. The second kappa shape index (κ2) is 11.6. The Bertz CT molecular complexity index is 483. The van der Waals surface area contributed by atoms with Crippen molar-refractivity contribution in [3.05, 3.63) is 30.3 Å². The summed E-state index contributed by atoms with van der Waals surface area (Å²) >= 11 is 0. The van der Waals surface area contributed by atoms with Crippen LogP contribution in [0.15, 0.2) is 30.3 Å². The Labute approximate surface area is 118 Å². The van der Waals surface area contributed by atoms with Gasteiger partial charge in [0, 0.05) is 12.2 Å². The molecule has 0 aromatic heterocycles. The van der Waals surface area contributed by atoms with Gasteiger partial charge in [0.05, 0.1) is 6.26 Å². The number of nitrogens with one attached hydrogen (secondary N) is 1. The van der Waals surface area contributed by atoms with Crippen molar-refractivity contribution < 1.29 is 31.4 Å². The van der Waals surface area contributed by atoms with E-state index in [0.29, 0.717) is 0 Å². The maximum atomic E-state index is 9.41. The largest absolute Gasteiger partial charge is 0.412 e. The summed E-state index contributed by atoms with van der Waals surface area (Å²) in [5, 5.41) is 7.53. The number of rotatable bonds is 2. The Morgan fingerprint density at radius 3 is 1.65 bits per heavy atom. The number of nitrogens with two attached hydrogens (primary N) is 1. The minimum Gasteiger partial charge on any atom is -0.412 e. The van der Waals surface area contributed by atoms with Gasteiger partial charge in [-0.25, -0.2) is 13.6 Å². The van der Waals surface area contributed by atoms with Crippen molar-refractivity contribution in [1.29, 1.82) is 0 Å². The van der Waals surface area contributed by atoms with E-state index in [1.807, 2.05) is 18.2 Å². The van der Waals surface area contributed by atoms with E-state index in [1.165, 1.54) is 5.69 Å².